The topological polar surface area (TPSA) is 110 Å². The molecule has 2 N–H and O–H groups in total. The largest absolute Gasteiger partial charge is 0.480 e. The van der Waals surface area contributed by atoms with Crippen molar-refractivity contribution in [1.82, 2.24) is 5.32 Å². The van der Waals surface area contributed by atoms with Crippen molar-refractivity contribution in [1.29, 1.82) is 0 Å². The third kappa shape index (κ3) is 4.10. The summed E-state index contributed by atoms with van der Waals surface area (Å²) in [6.07, 6.45) is 2.19. The SMILES string of the molecule is Cc1coc2c(C)c3oc(=O)c(CCC(=O)N[C@@H](CC(C)C)C(=O)O)c(C)c3cc12. The van der Waals surface area contributed by atoms with E-state index in [2.05, 4.69) is 5.32 Å². The van der Waals surface area contributed by atoms with Crippen LogP contribution in [0.4, 0.5) is 0 Å². The minimum Gasteiger partial charge on any atom is -0.480 e. The van der Waals surface area contributed by atoms with Gasteiger partial charge in [0.25, 0.3) is 0 Å². The lowest BCUT2D eigenvalue weighted by atomic mass is 9.98. The highest BCUT2D eigenvalue weighted by molar-refractivity contribution is 5.99. The number of carbonyl (C=O) groups excluding carboxylic acids is 1. The molecule has 2 aromatic heterocycles. The highest BCUT2D eigenvalue weighted by Crippen LogP contribution is 2.32. The van der Waals surface area contributed by atoms with E-state index in [0.717, 1.165) is 27.5 Å². The van der Waals surface area contributed by atoms with E-state index in [4.69, 9.17) is 8.83 Å². The van der Waals surface area contributed by atoms with Gasteiger partial charge in [-0.1, -0.05) is 13.8 Å². The number of fused-ring (bicyclic) bond motifs is 2. The van der Waals surface area contributed by atoms with Crippen molar-refractivity contribution >= 4 is 33.8 Å². The molecule has 0 fully saturated rings. The summed E-state index contributed by atoms with van der Waals surface area (Å²) >= 11 is 0. The number of furan rings is 1. The molecule has 0 radical (unpaired) electrons. The number of hydrogen-bond donors (Lipinski definition) is 2. The van der Waals surface area contributed by atoms with Crippen LogP contribution in [0, 0.1) is 26.7 Å². The maximum absolute atomic E-state index is 12.6. The Labute approximate surface area is 174 Å². The lowest BCUT2D eigenvalue weighted by Gasteiger charge is -2.16. The lowest BCUT2D eigenvalue weighted by molar-refractivity contribution is -0.142. The number of aliphatic carboxylic acids is 1. The molecule has 1 amide bonds. The van der Waals surface area contributed by atoms with Crippen LogP contribution in [-0.2, 0) is 16.0 Å². The van der Waals surface area contributed by atoms with Crippen molar-refractivity contribution in [2.24, 2.45) is 5.92 Å². The fourth-order valence-electron chi connectivity index (χ4n) is 3.81. The van der Waals surface area contributed by atoms with Crippen LogP contribution in [0.2, 0.25) is 0 Å². The molecule has 1 atom stereocenters. The van der Waals surface area contributed by atoms with Gasteiger partial charge in [-0.2, -0.15) is 0 Å². The molecule has 0 bridgehead atoms. The van der Waals surface area contributed by atoms with Crippen LogP contribution in [0.15, 0.2) is 26.0 Å². The summed E-state index contributed by atoms with van der Waals surface area (Å²) in [4.78, 5) is 36.3. The fraction of sp³-hybridized carbons (Fsp3) is 0.435. The summed E-state index contributed by atoms with van der Waals surface area (Å²) in [5.74, 6) is -1.33. The van der Waals surface area contributed by atoms with Crippen molar-refractivity contribution in [3.63, 3.8) is 0 Å². The van der Waals surface area contributed by atoms with Gasteiger partial charge in [0.15, 0.2) is 0 Å². The van der Waals surface area contributed by atoms with Crippen molar-refractivity contribution < 1.29 is 23.5 Å². The number of aryl methyl sites for hydroxylation is 3. The number of rotatable bonds is 7. The fourth-order valence-corrected chi connectivity index (χ4v) is 3.81. The molecule has 1 aromatic carbocycles. The molecule has 0 saturated heterocycles. The molecule has 0 unspecified atom stereocenters. The molecule has 0 aliphatic rings. The summed E-state index contributed by atoms with van der Waals surface area (Å²) < 4.78 is 11.2. The average molecular weight is 413 g/mol. The maximum atomic E-state index is 12.6. The number of amides is 1. The molecule has 0 spiro atoms. The van der Waals surface area contributed by atoms with Crippen LogP contribution in [0.25, 0.3) is 21.9 Å². The summed E-state index contributed by atoms with van der Waals surface area (Å²) in [5, 5.41) is 13.6. The van der Waals surface area contributed by atoms with Gasteiger partial charge in [-0.3, -0.25) is 4.79 Å². The van der Waals surface area contributed by atoms with Gasteiger partial charge in [0.05, 0.1) is 6.26 Å². The Kier molecular flexibility index (Phi) is 6.01. The molecule has 0 aliphatic heterocycles. The van der Waals surface area contributed by atoms with Gasteiger partial charge in [0.1, 0.15) is 17.2 Å². The average Bonchev–Trinajstić information content (AvgIpc) is 3.03. The van der Waals surface area contributed by atoms with Crippen LogP contribution >= 0.6 is 0 Å². The molecular weight excluding hydrogens is 386 g/mol. The summed E-state index contributed by atoms with van der Waals surface area (Å²) in [6, 6.07) is 1.01. The van der Waals surface area contributed by atoms with E-state index in [1.54, 1.807) is 6.26 Å². The Hall–Kier alpha value is -3.09. The van der Waals surface area contributed by atoms with E-state index in [-0.39, 0.29) is 18.8 Å². The first kappa shape index (κ1) is 21.6. The standard InChI is InChI=1S/C23H27NO6/c1-11(2)8-18(22(26)27)24-19(25)7-6-15-13(4)17-9-16-12(3)10-29-20(16)14(5)21(17)30-23(15)28/h9-11,18H,6-8H2,1-5H3,(H,24,25)(H,26,27)/t18-/m0/s1. The highest BCUT2D eigenvalue weighted by Gasteiger charge is 2.22. The molecule has 0 saturated carbocycles. The smallest absolute Gasteiger partial charge is 0.339 e. The first-order chi connectivity index (χ1) is 14.1. The van der Waals surface area contributed by atoms with Crippen molar-refractivity contribution in [3.8, 4) is 0 Å². The number of benzene rings is 1. The van der Waals surface area contributed by atoms with E-state index >= 15 is 0 Å². The molecular formula is C23H27NO6. The Bertz CT molecular complexity index is 1180. The van der Waals surface area contributed by atoms with Gasteiger partial charge in [-0.25, -0.2) is 9.59 Å². The second-order valence-electron chi connectivity index (χ2n) is 8.25. The van der Waals surface area contributed by atoms with Crippen molar-refractivity contribution in [2.45, 2.75) is 59.9 Å². The van der Waals surface area contributed by atoms with Crippen LogP contribution in [-0.4, -0.2) is 23.0 Å². The van der Waals surface area contributed by atoms with Gasteiger partial charge in [-0.05, 0) is 56.7 Å². The molecule has 2 heterocycles. The molecule has 3 rings (SSSR count). The van der Waals surface area contributed by atoms with Gasteiger partial charge in [-0.15, -0.1) is 0 Å². The molecule has 0 aliphatic carbocycles. The van der Waals surface area contributed by atoms with Crippen LogP contribution in [0.1, 0.15) is 48.9 Å². The molecule has 30 heavy (non-hydrogen) atoms. The van der Waals surface area contributed by atoms with Gasteiger partial charge in [0.2, 0.25) is 5.91 Å². The number of hydrogen-bond acceptors (Lipinski definition) is 5. The summed E-state index contributed by atoms with van der Waals surface area (Å²) in [5.41, 5.74) is 3.62. The first-order valence-electron chi connectivity index (χ1n) is 10.1. The predicted molar refractivity (Wildman–Crippen MR) is 114 cm³/mol. The summed E-state index contributed by atoms with van der Waals surface area (Å²) in [7, 11) is 0. The Morgan fingerprint density at radius 3 is 2.43 bits per heavy atom. The molecule has 7 nitrogen and oxygen atoms in total. The van der Waals surface area contributed by atoms with E-state index in [1.807, 2.05) is 40.7 Å². The number of nitrogens with one attached hydrogen (secondary N) is 1. The molecule has 7 heteroatoms. The van der Waals surface area contributed by atoms with Crippen LogP contribution < -0.4 is 10.9 Å². The second-order valence-corrected chi connectivity index (χ2v) is 8.25. The summed E-state index contributed by atoms with van der Waals surface area (Å²) in [6.45, 7) is 9.43. The molecule has 3 aromatic rings. The van der Waals surface area contributed by atoms with Gasteiger partial charge >= 0.3 is 11.6 Å². The minimum absolute atomic E-state index is 0.00491. The predicted octanol–water partition coefficient (Wildman–Crippen LogP) is 4.01. The van der Waals surface area contributed by atoms with Crippen LogP contribution in [0.5, 0.6) is 0 Å². The zero-order valence-electron chi connectivity index (χ0n) is 17.9. The Balaban J connectivity index is 1.88. The molecule has 160 valence electrons. The zero-order valence-corrected chi connectivity index (χ0v) is 17.9. The van der Waals surface area contributed by atoms with Gasteiger partial charge in [0, 0.05) is 28.3 Å². The van der Waals surface area contributed by atoms with E-state index in [0.29, 0.717) is 23.2 Å². The number of carboxylic acid groups (broad SMARTS) is 1. The third-order valence-corrected chi connectivity index (χ3v) is 5.48. The first-order valence-corrected chi connectivity index (χ1v) is 10.1. The van der Waals surface area contributed by atoms with E-state index in [1.165, 1.54) is 0 Å². The van der Waals surface area contributed by atoms with Crippen LogP contribution in [0.3, 0.4) is 0 Å². The second kappa shape index (κ2) is 8.34. The highest BCUT2D eigenvalue weighted by atomic mass is 16.4. The maximum Gasteiger partial charge on any atom is 0.339 e. The van der Waals surface area contributed by atoms with Gasteiger partial charge < -0.3 is 19.3 Å². The number of carbonyl (C=O) groups is 2. The number of carboxylic acids is 1. The third-order valence-electron chi connectivity index (χ3n) is 5.48. The quantitative estimate of drug-likeness (QED) is 0.566. The van der Waals surface area contributed by atoms with E-state index < -0.39 is 23.5 Å². The van der Waals surface area contributed by atoms with Crippen molar-refractivity contribution in [3.05, 3.63) is 45.0 Å². The zero-order chi connectivity index (χ0) is 22.2. The van der Waals surface area contributed by atoms with Crippen molar-refractivity contribution in [2.75, 3.05) is 0 Å². The Morgan fingerprint density at radius 2 is 1.80 bits per heavy atom. The minimum atomic E-state index is -1.06. The normalized spacial score (nSPS) is 12.6. The van der Waals surface area contributed by atoms with E-state index in [9.17, 15) is 19.5 Å². The monoisotopic (exact) mass is 413 g/mol. The Morgan fingerprint density at radius 1 is 1.10 bits per heavy atom. The lowest BCUT2D eigenvalue weighted by Crippen LogP contribution is -2.41.